The minimum Gasteiger partial charge on any atom is -0.495 e. The number of benzene rings is 1. The van der Waals surface area contributed by atoms with E-state index in [0.717, 1.165) is 25.2 Å². The van der Waals surface area contributed by atoms with E-state index in [1.807, 2.05) is 13.0 Å². The lowest BCUT2D eigenvalue weighted by atomic mass is 10.2. The van der Waals surface area contributed by atoms with Crippen molar-refractivity contribution < 1.29 is 9.53 Å². The van der Waals surface area contributed by atoms with Crippen LogP contribution in [0.15, 0.2) is 12.1 Å². The standard InChI is InChI=1S/C16H26ClN3O2/c1-6-20(7-2)9-8-19(4)16(21)18-14-10-12(3)13(17)11-15(14)22-5/h10-11H,6-9H2,1-5H3,(H,18,21). The quantitative estimate of drug-likeness (QED) is 0.834. The summed E-state index contributed by atoms with van der Waals surface area (Å²) < 4.78 is 5.27. The number of ether oxygens (including phenoxy) is 1. The van der Waals surface area contributed by atoms with Crippen molar-refractivity contribution in [2.45, 2.75) is 20.8 Å². The summed E-state index contributed by atoms with van der Waals surface area (Å²) in [6, 6.07) is 3.37. The lowest BCUT2D eigenvalue weighted by molar-refractivity contribution is 0.209. The lowest BCUT2D eigenvalue weighted by Gasteiger charge is -2.24. The number of rotatable bonds is 7. The highest BCUT2D eigenvalue weighted by Gasteiger charge is 2.14. The normalized spacial score (nSPS) is 10.7. The average Bonchev–Trinajstić information content (AvgIpc) is 2.51. The van der Waals surface area contributed by atoms with E-state index in [4.69, 9.17) is 16.3 Å². The second kappa shape index (κ2) is 8.86. The maximum absolute atomic E-state index is 12.3. The Balaban J connectivity index is 2.70. The van der Waals surface area contributed by atoms with Gasteiger partial charge in [0.15, 0.2) is 0 Å². The van der Waals surface area contributed by atoms with E-state index in [1.165, 1.54) is 0 Å². The van der Waals surface area contributed by atoms with E-state index >= 15 is 0 Å². The molecular weight excluding hydrogens is 302 g/mol. The lowest BCUT2D eigenvalue weighted by Crippen LogP contribution is -2.38. The molecule has 0 unspecified atom stereocenters. The number of methoxy groups -OCH3 is 1. The molecule has 0 bridgehead atoms. The third-order valence-corrected chi connectivity index (χ3v) is 4.12. The summed E-state index contributed by atoms with van der Waals surface area (Å²) in [6.07, 6.45) is 0. The summed E-state index contributed by atoms with van der Waals surface area (Å²) in [4.78, 5) is 16.2. The van der Waals surface area contributed by atoms with Gasteiger partial charge in [-0.15, -0.1) is 0 Å². The number of likely N-dealkylation sites (N-methyl/N-ethyl adjacent to an activating group) is 2. The zero-order valence-electron chi connectivity index (χ0n) is 14.1. The van der Waals surface area contributed by atoms with Gasteiger partial charge in [-0.25, -0.2) is 4.79 Å². The SMILES string of the molecule is CCN(CC)CCN(C)C(=O)Nc1cc(C)c(Cl)cc1OC. The number of anilines is 1. The molecule has 2 amide bonds. The molecule has 22 heavy (non-hydrogen) atoms. The number of nitrogens with zero attached hydrogens (tertiary/aromatic N) is 2. The van der Waals surface area contributed by atoms with Gasteiger partial charge in [0, 0.05) is 31.2 Å². The largest absolute Gasteiger partial charge is 0.495 e. The first kappa shape index (κ1) is 18.6. The van der Waals surface area contributed by atoms with Crippen molar-refractivity contribution >= 4 is 23.3 Å². The molecule has 0 aliphatic heterocycles. The summed E-state index contributed by atoms with van der Waals surface area (Å²) in [6.45, 7) is 9.61. The van der Waals surface area contributed by atoms with Crippen LogP contribution in [0.3, 0.4) is 0 Å². The molecule has 1 aromatic carbocycles. The molecule has 0 radical (unpaired) electrons. The number of carbonyl (C=O) groups excluding carboxylic acids is 1. The highest BCUT2D eigenvalue weighted by atomic mass is 35.5. The van der Waals surface area contributed by atoms with Gasteiger partial charge in [-0.3, -0.25) is 0 Å². The minimum atomic E-state index is -0.160. The van der Waals surface area contributed by atoms with Crippen LogP contribution in [0.1, 0.15) is 19.4 Å². The third kappa shape index (κ3) is 5.07. The fraction of sp³-hybridized carbons (Fsp3) is 0.562. The van der Waals surface area contributed by atoms with Gasteiger partial charge in [0.05, 0.1) is 12.8 Å². The Morgan fingerprint density at radius 1 is 1.27 bits per heavy atom. The first-order valence-electron chi connectivity index (χ1n) is 7.51. The van der Waals surface area contributed by atoms with Gasteiger partial charge in [0.2, 0.25) is 0 Å². The third-order valence-electron chi connectivity index (χ3n) is 3.72. The monoisotopic (exact) mass is 327 g/mol. The fourth-order valence-electron chi connectivity index (χ4n) is 2.07. The number of hydrogen-bond donors (Lipinski definition) is 1. The number of amides is 2. The Hall–Kier alpha value is -1.46. The van der Waals surface area contributed by atoms with Crippen molar-refractivity contribution in [3.05, 3.63) is 22.7 Å². The van der Waals surface area contributed by atoms with Crippen molar-refractivity contribution in [3.63, 3.8) is 0 Å². The van der Waals surface area contributed by atoms with Gasteiger partial charge in [-0.1, -0.05) is 25.4 Å². The predicted molar refractivity (Wildman–Crippen MR) is 92.2 cm³/mol. The molecule has 6 heteroatoms. The van der Waals surface area contributed by atoms with Gasteiger partial charge in [0.1, 0.15) is 5.75 Å². The molecule has 1 aromatic rings. The number of carbonyl (C=O) groups is 1. The van der Waals surface area contributed by atoms with E-state index in [1.54, 1.807) is 25.1 Å². The Kier molecular flexibility index (Phi) is 7.48. The summed E-state index contributed by atoms with van der Waals surface area (Å²) in [5, 5.41) is 3.49. The Labute approximate surface area is 138 Å². The molecule has 0 saturated carbocycles. The molecule has 1 N–H and O–H groups in total. The van der Waals surface area contributed by atoms with Crippen molar-refractivity contribution in [2.24, 2.45) is 0 Å². The first-order valence-corrected chi connectivity index (χ1v) is 7.89. The van der Waals surface area contributed by atoms with Crippen molar-refractivity contribution in [2.75, 3.05) is 45.7 Å². The molecule has 0 aromatic heterocycles. The van der Waals surface area contributed by atoms with Gasteiger partial charge >= 0.3 is 6.03 Å². The summed E-state index contributed by atoms with van der Waals surface area (Å²) in [5.74, 6) is 0.557. The summed E-state index contributed by atoms with van der Waals surface area (Å²) >= 11 is 6.07. The summed E-state index contributed by atoms with van der Waals surface area (Å²) in [7, 11) is 3.34. The van der Waals surface area contributed by atoms with Crippen LogP contribution in [0, 0.1) is 6.92 Å². The molecule has 0 fully saturated rings. The van der Waals surface area contributed by atoms with Gasteiger partial charge in [0.25, 0.3) is 0 Å². The topological polar surface area (TPSA) is 44.8 Å². The van der Waals surface area contributed by atoms with Gasteiger partial charge in [-0.2, -0.15) is 0 Å². The average molecular weight is 328 g/mol. The van der Waals surface area contributed by atoms with Crippen LogP contribution >= 0.6 is 11.6 Å². The van der Waals surface area contributed by atoms with Crippen molar-refractivity contribution in [3.8, 4) is 5.75 Å². The molecule has 1 rings (SSSR count). The van der Waals surface area contributed by atoms with E-state index in [9.17, 15) is 4.79 Å². The predicted octanol–water partition coefficient (Wildman–Crippen LogP) is 3.46. The highest BCUT2D eigenvalue weighted by molar-refractivity contribution is 6.31. The van der Waals surface area contributed by atoms with E-state index < -0.39 is 0 Å². The first-order chi connectivity index (χ1) is 10.4. The minimum absolute atomic E-state index is 0.160. The van der Waals surface area contributed by atoms with Gasteiger partial charge < -0.3 is 19.9 Å². The van der Waals surface area contributed by atoms with Crippen molar-refractivity contribution in [1.82, 2.24) is 9.80 Å². The van der Waals surface area contributed by atoms with Crippen LogP contribution in [-0.2, 0) is 0 Å². The van der Waals surface area contributed by atoms with Crippen LogP contribution in [0.5, 0.6) is 5.75 Å². The Morgan fingerprint density at radius 2 is 1.91 bits per heavy atom. The number of urea groups is 1. The van der Waals surface area contributed by atoms with Crippen LogP contribution in [0.4, 0.5) is 10.5 Å². The number of nitrogens with one attached hydrogen (secondary N) is 1. The molecule has 0 aliphatic carbocycles. The van der Waals surface area contributed by atoms with E-state index in [-0.39, 0.29) is 6.03 Å². The Morgan fingerprint density at radius 3 is 2.45 bits per heavy atom. The second-order valence-corrected chi connectivity index (χ2v) is 5.59. The van der Waals surface area contributed by atoms with Crippen molar-refractivity contribution in [1.29, 1.82) is 0 Å². The summed E-state index contributed by atoms with van der Waals surface area (Å²) in [5.41, 5.74) is 1.52. The molecule has 0 aliphatic rings. The molecule has 5 nitrogen and oxygen atoms in total. The number of halogens is 1. The number of aryl methyl sites for hydroxylation is 1. The molecule has 0 saturated heterocycles. The molecule has 0 spiro atoms. The zero-order valence-corrected chi connectivity index (χ0v) is 14.8. The number of hydrogen-bond acceptors (Lipinski definition) is 3. The van der Waals surface area contributed by atoms with Crippen LogP contribution < -0.4 is 10.1 Å². The molecule has 0 atom stereocenters. The molecule has 124 valence electrons. The fourth-order valence-corrected chi connectivity index (χ4v) is 2.23. The van der Waals surface area contributed by atoms with Gasteiger partial charge in [-0.05, 0) is 31.6 Å². The zero-order chi connectivity index (χ0) is 16.7. The highest BCUT2D eigenvalue weighted by Crippen LogP contribution is 2.31. The smallest absolute Gasteiger partial charge is 0.321 e. The molecule has 0 heterocycles. The molecular formula is C16H26ClN3O2. The van der Waals surface area contributed by atoms with E-state index in [0.29, 0.717) is 23.0 Å². The second-order valence-electron chi connectivity index (χ2n) is 5.18. The van der Waals surface area contributed by atoms with Crippen LogP contribution in [0.25, 0.3) is 0 Å². The van der Waals surface area contributed by atoms with Crippen LogP contribution in [0.2, 0.25) is 5.02 Å². The van der Waals surface area contributed by atoms with E-state index in [2.05, 4.69) is 24.1 Å². The Bertz CT molecular complexity index is 504. The maximum Gasteiger partial charge on any atom is 0.321 e. The van der Waals surface area contributed by atoms with Crippen LogP contribution in [-0.4, -0.2) is 56.2 Å². The maximum atomic E-state index is 12.3.